The van der Waals surface area contributed by atoms with Crippen molar-refractivity contribution in [1.29, 1.82) is 0 Å². The molecule has 0 atom stereocenters. The minimum absolute atomic E-state index is 0.194. The highest BCUT2D eigenvalue weighted by Gasteiger charge is 2.30. The van der Waals surface area contributed by atoms with Crippen LogP contribution in [0.15, 0.2) is 30.3 Å². The standard InChI is InChI=1S/C15H12F3N3O2/c1-8-13(23-2)14(22)21-12(19-8)7-11(20-21)9-3-5-10(6-4-9)15(16,17)18/h3-7,22H,1-2H3. The fourth-order valence-electron chi connectivity index (χ4n) is 2.30. The second-order valence-electron chi connectivity index (χ2n) is 4.93. The molecule has 0 unspecified atom stereocenters. The van der Waals surface area contributed by atoms with E-state index in [1.807, 2.05) is 0 Å². The number of aromatic hydroxyl groups is 1. The molecule has 0 aliphatic heterocycles. The van der Waals surface area contributed by atoms with Crippen molar-refractivity contribution in [3.63, 3.8) is 0 Å². The van der Waals surface area contributed by atoms with Crippen LogP contribution in [0.4, 0.5) is 13.2 Å². The zero-order valence-electron chi connectivity index (χ0n) is 12.2. The fourth-order valence-corrected chi connectivity index (χ4v) is 2.30. The van der Waals surface area contributed by atoms with Crippen LogP contribution in [0, 0.1) is 6.92 Å². The van der Waals surface area contributed by atoms with Gasteiger partial charge in [0.05, 0.1) is 24.1 Å². The molecule has 0 bridgehead atoms. The Labute approximate surface area is 129 Å². The summed E-state index contributed by atoms with van der Waals surface area (Å²) >= 11 is 0. The Morgan fingerprint density at radius 3 is 2.39 bits per heavy atom. The molecule has 5 nitrogen and oxygen atoms in total. The van der Waals surface area contributed by atoms with Gasteiger partial charge in [-0.3, -0.25) is 0 Å². The van der Waals surface area contributed by atoms with Gasteiger partial charge in [-0.2, -0.15) is 22.8 Å². The van der Waals surface area contributed by atoms with E-state index in [-0.39, 0.29) is 11.6 Å². The summed E-state index contributed by atoms with van der Waals surface area (Å²) in [4.78, 5) is 4.25. The van der Waals surface area contributed by atoms with Crippen molar-refractivity contribution in [3.8, 4) is 22.9 Å². The van der Waals surface area contributed by atoms with Gasteiger partial charge in [0.1, 0.15) is 0 Å². The maximum atomic E-state index is 12.6. The molecule has 1 N–H and O–H groups in total. The van der Waals surface area contributed by atoms with Crippen LogP contribution in [0.1, 0.15) is 11.3 Å². The lowest BCUT2D eigenvalue weighted by atomic mass is 10.1. The summed E-state index contributed by atoms with van der Waals surface area (Å²) in [5.41, 5.74) is 1.00. The van der Waals surface area contributed by atoms with Gasteiger partial charge in [-0.05, 0) is 19.1 Å². The second-order valence-corrected chi connectivity index (χ2v) is 4.93. The first-order valence-electron chi connectivity index (χ1n) is 6.62. The minimum atomic E-state index is -4.39. The van der Waals surface area contributed by atoms with Crippen molar-refractivity contribution >= 4 is 5.65 Å². The van der Waals surface area contributed by atoms with E-state index in [2.05, 4.69) is 10.1 Å². The molecular weight excluding hydrogens is 311 g/mol. The number of ether oxygens (including phenoxy) is 1. The summed E-state index contributed by atoms with van der Waals surface area (Å²) < 4.78 is 44.0. The number of benzene rings is 1. The molecule has 120 valence electrons. The van der Waals surface area contributed by atoms with Gasteiger partial charge >= 0.3 is 6.18 Å². The van der Waals surface area contributed by atoms with Gasteiger partial charge in [0.15, 0.2) is 5.65 Å². The summed E-state index contributed by atoms with van der Waals surface area (Å²) in [7, 11) is 1.40. The molecule has 1 aromatic carbocycles. The Morgan fingerprint density at radius 1 is 1.17 bits per heavy atom. The van der Waals surface area contributed by atoms with Crippen LogP contribution < -0.4 is 4.74 Å². The molecule has 23 heavy (non-hydrogen) atoms. The molecule has 0 saturated heterocycles. The maximum Gasteiger partial charge on any atom is 0.416 e. The number of hydrogen-bond donors (Lipinski definition) is 1. The first-order valence-corrected chi connectivity index (χ1v) is 6.62. The van der Waals surface area contributed by atoms with Gasteiger partial charge in [-0.15, -0.1) is 0 Å². The van der Waals surface area contributed by atoms with Crippen molar-refractivity contribution in [3.05, 3.63) is 41.6 Å². The van der Waals surface area contributed by atoms with E-state index in [1.165, 1.54) is 23.8 Å². The predicted octanol–water partition coefficient (Wildman–Crippen LogP) is 3.44. The Hall–Kier alpha value is -2.77. The number of methoxy groups -OCH3 is 1. The summed E-state index contributed by atoms with van der Waals surface area (Å²) in [5, 5.41) is 14.3. The molecule has 2 aromatic heterocycles. The molecule has 0 saturated carbocycles. The average molecular weight is 323 g/mol. The molecule has 0 fully saturated rings. The first kappa shape index (κ1) is 15.1. The fraction of sp³-hybridized carbons (Fsp3) is 0.200. The van der Waals surface area contributed by atoms with Crippen molar-refractivity contribution < 1.29 is 23.0 Å². The third-order valence-electron chi connectivity index (χ3n) is 3.42. The van der Waals surface area contributed by atoms with Crippen LogP contribution in [0.25, 0.3) is 16.9 Å². The third-order valence-corrected chi connectivity index (χ3v) is 3.42. The van der Waals surface area contributed by atoms with Crippen molar-refractivity contribution in [2.24, 2.45) is 0 Å². The highest BCUT2D eigenvalue weighted by molar-refractivity contribution is 5.65. The zero-order valence-corrected chi connectivity index (χ0v) is 12.2. The number of rotatable bonds is 2. The average Bonchev–Trinajstić information content (AvgIpc) is 2.91. The molecule has 0 spiro atoms. The SMILES string of the molecule is COc1c(C)nc2cc(-c3ccc(C(F)(F)F)cc3)nn2c1O. The molecule has 8 heteroatoms. The molecular formula is C15H12F3N3O2. The highest BCUT2D eigenvalue weighted by Crippen LogP contribution is 2.33. The van der Waals surface area contributed by atoms with Crippen LogP contribution in [0.5, 0.6) is 11.6 Å². The number of alkyl halides is 3. The molecule has 0 aliphatic carbocycles. The number of aromatic nitrogens is 3. The summed E-state index contributed by atoms with van der Waals surface area (Å²) in [6.45, 7) is 1.67. The minimum Gasteiger partial charge on any atom is -0.491 e. The van der Waals surface area contributed by atoms with Gasteiger partial charge < -0.3 is 9.84 Å². The lowest BCUT2D eigenvalue weighted by Gasteiger charge is -2.07. The van der Waals surface area contributed by atoms with E-state index in [1.54, 1.807) is 13.0 Å². The van der Waals surface area contributed by atoms with Crippen molar-refractivity contribution in [2.75, 3.05) is 7.11 Å². The quantitative estimate of drug-likeness (QED) is 0.785. The van der Waals surface area contributed by atoms with Gasteiger partial charge in [0, 0.05) is 11.6 Å². The van der Waals surface area contributed by atoms with Crippen LogP contribution >= 0.6 is 0 Å². The number of aryl methyl sites for hydroxylation is 1. The second kappa shape index (κ2) is 5.15. The zero-order chi connectivity index (χ0) is 16.8. The normalized spacial score (nSPS) is 11.9. The number of fused-ring (bicyclic) bond motifs is 1. The van der Waals surface area contributed by atoms with E-state index in [0.717, 1.165) is 12.1 Å². The molecule has 0 amide bonds. The van der Waals surface area contributed by atoms with Gasteiger partial charge in [-0.1, -0.05) is 12.1 Å². The van der Waals surface area contributed by atoms with E-state index < -0.39 is 11.7 Å². The monoisotopic (exact) mass is 323 g/mol. The number of nitrogens with zero attached hydrogens (tertiary/aromatic N) is 3. The lowest BCUT2D eigenvalue weighted by molar-refractivity contribution is -0.137. The number of halogens is 3. The van der Waals surface area contributed by atoms with Crippen LogP contribution in [0.3, 0.4) is 0 Å². The van der Waals surface area contributed by atoms with Gasteiger partial charge in [0.25, 0.3) is 5.88 Å². The van der Waals surface area contributed by atoms with E-state index in [0.29, 0.717) is 22.6 Å². The van der Waals surface area contributed by atoms with E-state index >= 15 is 0 Å². The Balaban J connectivity index is 2.09. The maximum absolute atomic E-state index is 12.6. The topological polar surface area (TPSA) is 59.7 Å². The van der Waals surface area contributed by atoms with E-state index in [9.17, 15) is 18.3 Å². The molecule has 2 heterocycles. The Morgan fingerprint density at radius 2 is 1.83 bits per heavy atom. The lowest BCUT2D eigenvalue weighted by Crippen LogP contribution is -2.04. The number of hydrogen-bond acceptors (Lipinski definition) is 4. The Kier molecular flexibility index (Phi) is 3.39. The summed E-state index contributed by atoms with van der Waals surface area (Å²) in [5.74, 6) is -0.0206. The molecule has 0 aliphatic rings. The first-order chi connectivity index (χ1) is 10.8. The van der Waals surface area contributed by atoms with Gasteiger partial charge in [-0.25, -0.2) is 4.98 Å². The molecule has 3 aromatic rings. The van der Waals surface area contributed by atoms with Crippen LogP contribution in [-0.2, 0) is 6.18 Å². The smallest absolute Gasteiger partial charge is 0.416 e. The third kappa shape index (κ3) is 2.56. The Bertz CT molecular complexity index is 870. The van der Waals surface area contributed by atoms with Crippen molar-refractivity contribution in [2.45, 2.75) is 13.1 Å². The molecule has 0 radical (unpaired) electrons. The van der Waals surface area contributed by atoms with Gasteiger partial charge in [0.2, 0.25) is 5.75 Å². The van der Waals surface area contributed by atoms with Crippen molar-refractivity contribution in [1.82, 2.24) is 14.6 Å². The summed E-state index contributed by atoms with van der Waals surface area (Å²) in [6, 6.07) is 6.20. The largest absolute Gasteiger partial charge is 0.491 e. The summed E-state index contributed by atoms with van der Waals surface area (Å²) in [6.07, 6.45) is -4.39. The predicted molar refractivity (Wildman–Crippen MR) is 76.4 cm³/mol. The highest BCUT2D eigenvalue weighted by atomic mass is 19.4. The molecule has 3 rings (SSSR count). The van der Waals surface area contributed by atoms with E-state index in [4.69, 9.17) is 4.74 Å². The van der Waals surface area contributed by atoms with Crippen LogP contribution in [0.2, 0.25) is 0 Å². The van der Waals surface area contributed by atoms with Crippen LogP contribution in [-0.4, -0.2) is 26.8 Å².